The summed E-state index contributed by atoms with van der Waals surface area (Å²) >= 11 is 11.8. The maximum atomic E-state index is 12.6. The maximum Gasteiger partial charge on any atom is 0.325 e. The van der Waals surface area contributed by atoms with E-state index < -0.39 is 23.6 Å². The van der Waals surface area contributed by atoms with E-state index in [4.69, 9.17) is 32.4 Å². The number of furan rings is 1. The number of halogens is 2. The van der Waals surface area contributed by atoms with E-state index in [9.17, 15) is 14.7 Å². The van der Waals surface area contributed by atoms with Crippen molar-refractivity contribution >= 4 is 35.1 Å². The molecule has 2 aromatic rings. The number of amides is 3. The first-order valence-corrected chi connectivity index (χ1v) is 8.51. The van der Waals surface area contributed by atoms with Gasteiger partial charge in [-0.1, -0.05) is 23.2 Å². The van der Waals surface area contributed by atoms with Gasteiger partial charge in [0.25, 0.3) is 5.91 Å². The van der Waals surface area contributed by atoms with E-state index in [1.54, 1.807) is 31.2 Å². The Kier molecular flexibility index (Phi) is 5.13. The lowest BCUT2D eigenvalue weighted by atomic mass is 9.99. The van der Waals surface area contributed by atoms with Crippen LogP contribution in [0.2, 0.25) is 10.0 Å². The molecule has 2 atom stereocenters. The Hall–Kier alpha value is -2.22. The van der Waals surface area contributed by atoms with E-state index in [0.29, 0.717) is 21.6 Å². The number of urea groups is 1. The van der Waals surface area contributed by atoms with E-state index in [-0.39, 0.29) is 13.2 Å². The standard InChI is InChI=1S/C17H16Cl2N2O5/c1-17(14-3-2-6-25-14)15(23)21(16(24)20-17)8-11(22)9-26-13-5-4-10(18)7-12(13)19/h2-7,11,22H,8-9H2,1H3,(H,20,24)/t11-,17+/m0/s1. The van der Waals surface area contributed by atoms with E-state index in [0.717, 1.165) is 4.90 Å². The Bertz CT molecular complexity index is 827. The van der Waals surface area contributed by atoms with Crippen molar-refractivity contribution in [3.8, 4) is 5.75 Å². The topological polar surface area (TPSA) is 92.0 Å². The molecule has 0 spiro atoms. The summed E-state index contributed by atoms with van der Waals surface area (Å²) in [6.45, 7) is 1.16. The van der Waals surface area contributed by atoms with Gasteiger partial charge in [0.2, 0.25) is 0 Å². The molecule has 1 aliphatic heterocycles. The van der Waals surface area contributed by atoms with E-state index in [1.807, 2.05) is 0 Å². The molecule has 2 N–H and O–H groups in total. The third-order valence-corrected chi connectivity index (χ3v) is 4.54. The number of ether oxygens (including phenoxy) is 1. The summed E-state index contributed by atoms with van der Waals surface area (Å²) < 4.78 is 10.7. The van der Waals surface area contributed by atoms with Crippen LogP contribution in [-0.4, -0.2) is 41.2 Å². The lowest BCUT2D eigenvalue weighted by molar-refractivity contribution is -0.132. The smallest absolute Gasteiger partial charge is 0.325 e. The van der Waals surface area contributed by atoms with Crippen molar-refractivity contribution in [3.05, 3.63) is 52.4 Å². The Balaban J connectivity index is 1.63. The van der Waals surface area contributed by atoms with Crippen molar-refractivity contribution < 1.29 is 23.8 Å². The molecule has 0 aliphatic carbocycles. The van der Waals surface area contributed by atoms with Crippen molar-refractivity contribution in [2.75, 3.05) is 13.2 Å². The summed E-state index contributed by atoms with van der Waals surface area (Å²) in [7, 11) is 0. The molecular weight excluding hydrogens is 383 g/mol. The van der Waals surface area contributed by atoms with Gasteiger partial charge in [0.15, 0.2) is 5.54 Å². The summed E-state index contributed by atoms with van der Waals surface area (Å²) in [4.78, 5) is 25.7. The third kappa shape index (κ3) is 3.51. The van der Waals surface area contributed by atoms with Gasteiger partial charge < -0.3 is 19.6 Å². The molecule has 0 saturated carbocycles. The highest BCUT2D eigenvalue weighted by atomic mass is 35.5. The average Bonchev–Trinajstić information content (AvgIpc) is 3.19. The van der Waals surface area contributed by atoms with Gasteiger partial charge in [-0.25, -0.2) is 4.79 Å². The molecule has 7 nitrogen and oxygen atoms in total. The number of carbonyl (C=O) groups is 2. The van der Waals surface area contributed by atoms with Crippen molar-refractivity contribution in [1.29, 1.82) is 0 Å². The Morgan fingerprint density at radius 3 is 2.77 bits per heavy atom. The molecule has 0 unspecified atom stereocenters. The highest BCUT2D eigenvalue weighted by Crippen LogP contribution is 2.30. The van der Waals surface area contributed by atoms with Crippen molar-refractivity contribution in [1.82, 2.24) is 10.2 Å². The molecule has 2 heterocycles. The number of nitrogens with zero attached hydrogens (tertiary/aromatic N) is 1. The molecule has 1 saturated heterocycles. The third-order valence-electron chi connectivity index (χ3n) is 4.01. The van der Waals surface area contributed by atoms with Crippen LogP contribution in [0, 0.1) is 0 Å². The van der Waals surface area contributed by atoms with Gasteiger partial charge in [-0.3, -0.25) is 9.69 Å². The van der Waals surface area contributed by atoms with Crippen LogP contribution < -0.4 is 10.1 Å². The van der Waals surface area contributed by atoms with Crippen LogP contribution in [-0.2, 0) is 10.3 Å². The Morgan fingerprint density at radius 2 is 2.12 bits per heavy atom. The SMILES string of the molecule is C[C@]1(c2ccco2)NC(=O)N(C[C@H](O)COc2ccc(Cl)cc2Cl)C1=O. The fourth-order valence-corrected chi connectivity index (χ4v) is 3.10. The molecule has 0 radical (unpaired) electrons. The Labute approximate surface area is 159 Å². The van der Waals surface area contributed by atoms with Crippen LogP contribution in [0.25, 0.3) is 0 Å². The second kappa shape index (κ2) is 7.19. The lowest BCUT2D eigenvalue weighted by Gasteiger charge is -2.21. The quantitative estimate of drug-likeness (QED) is 0.729. The van der Waals surface area contributed by atoms with Crippen molar-refractivity contribution in [3.63, 3.8) is 0 Å². The van der Waals surface area contributed by atoms with Crippen molar-refractivity contribution in [2.45, 2.75) is 18.6 Å². The van der Waals surface area contributed by atoms with Crippen LogP contribution in [0.15, 0.2) is 41.0 Å². The zero-order valence-electron chi connectivity index (χ0n) is 13.7. The van der Waals surface area contributed by atoms with Gasteiger partial charge in [-0.15, -0.1) is 0 Å². The van der Waals surface area contributed by atoms with E-state index in [2.05, 4.69) is 5.32 Å². The maximum absolute atomic E-state index is 12.6. The minimum atomic E-state index is -1.30. The number of rotatable bonds is 6. The van der Waals surface area contributed by atoms with Gasteiger partial charge in [0.05, 0.1) is 17.8 Å². The second-order valence-electron chi connectivity index (χ2n) is 5.99. The predicted molar refractivity (Wildman–Crippen MR) is 94.3 cm³/mol. The highest BCUT2D eigenvalue weighted by Gasteiger charge is 2.51. The fraction of sp³-hybridized carbons (Fsp3) is 0.294. The Morgan fingerprint density at radius 1 is 1.35 bits per heavy atom. The van der Waals surface area contributed by atoms with Crippen LogP contribution in [0.1, 0.15) is 12.7 Å². The molecule has 3 amide bonds. The minimum absolute atomic E-state index is 0.157. The normalized spacial score (nSPS) is 21.0. The number of hydrogen-bond donors (Lipinski definition) is 2. The van der Waals surface area contributed by atoms with Crippen molar-refractivity contribution in [2.24, 2.45) is 0 Å². The summed E-state index contributed by atoms with van der Waals surface area (Å²) in [6, 6.07) is 7.29. The fourth-order valence-electron chi connectivity index (χ4n) is 2.63. The molecule has 9 heteroatoms. The van der Waals surface area contributed by atoms with Gasteiger partial charge in [0, 0.05) is 5.02 Å². The number of nitrogens with one attached hydrogen (secondary N) is 1. The summed E-state index contributed by atoms with van der Waals surface area (Å²) in [5, 5.41) is 13.5. The van der Waals surface area contributed by atoms with Crippen LogP contribution in [0.4, 0.5) is 4.79 Å². The minimum Gasteiger partial charge on any atom is -0.489 e. The van der Waals surface area contributed by atoms with Gasteiger partial charge in [-0.05, 0) is 37.3 Å². The summed E-state index contributed by atoms with van der Waals surface area (Å²) in [5.74, 6) is 0.144. The number of benzene rings is 1. The molecule has 138 valence electrons. The van der Waals surface area contributed by atoms with Crippen LogP contribution >= 0.6 is 23.2 Å². The molecule has 3 rings (SSSR count). The summed E-state index contributed by atoms with van der Waals surface area (Å²) in [6.07, 6.45) is 0.316. The predicted octanol–water partition coefficient (Wildman–Crippen LogP) is 2.79. The number of β-amino-alcohol motifs (C(OH)–C–C–N with tert-alkyl or cyclic N) is 1. The van der Waals surface area contributed by atoms with Crippen LogP contribution in [0.3, 0.4) is 0 Å². The van der Waals surface area contributed by atoms with E-state index >= 15 is 0 Å². The zero-order valence-corrected chi connectivity index (χ0v) is 15.3. The molecule has 0 bridgehead atoms. The number of carbonyl (C=O) groups excluding carboxylic acids is 2. The molecule has 1 fully saturated rings. The number of aliphatic hydroxyl groups excluding tert-OH is 1. The first-order chi connectivity index (χ1) is 12.3. The van der Waals surface area contributed by atoms with Gasteiger partial charge in [-0.2, -0.15) is 0 Å². The molecule has 1 aromatic heterocycles. The average molecular weight is 399 g/mol. The lowest BCUT2D eigenvalue weighted by Crippen LogP contribution is -2.42. The second-order valence-corrected chi connectivity index (χ2v) is 6.83. The van der Waals surface area contributed by atoms with Crippen LogP contribution in [0.5, 0.6) is 5.75 Å². The van der Waals surface area contributed by atoms with Gasteiger partial charge in [0.1, 0.15) is 24.2 Å². The monoisotopic (exact) mass is 398 g/mol. The first kappa shape index (κ1) is 18.6. The molecule has 26 heavy (non-hydrogen) atoms. The summed E-state index contributed by atoms with van der Waals surface area (Å²) in [5.41, 5.74) is -1.30. The number of imide groups is 1. The number of hydrogen-bond acceptors (Lipinski definition) is 5. The zero-order chi connectivity index (χ0) is 18.9. The molecule has 1 aliphatic rings. The number of aliphatic hydroxyl groups is 1. The largest absolute Gasteiger partial charge is 0.489 e. The first-order valence-electron chi connectivity index (χ1n) is 7.75. The molecule has 1 aromatic carbocycles. The van der Waals surface area contributed by atoms with Gasteiger partial charge >= 0.3 is 6.03 Å². The van der Waals surface area contributed by atoms with E-state index in [1.165, 1.54) is 12.3 Å². The highest BCUT2D eigenvalue weighted by molar-refractivity contribution is 6.35. The molecular formula is C17H16Cl2N2O5.